The number of anilines is 1. The molecule has 2 N–H and O–H groups in total. The highest BCUT2D eigenvalue weighted by Gasteiger charge is 2.29. The number of amides is 1. The standard InChI is InChI=1S/C21H25N3O3S2/c1-12(2)20(21(25)23-16-7-6-13(3)14(4)10-16)24-29(26,27)17-8-9-18-19(11-17)28-15(5)22-18/h6-12,20,24H,1-5H3,(H,23,25)/t20-/m0/s1. The van der Waals surface area contributed by atoms with Gasteiger partial charge >= 0.3 is 0 Å². The molecule has 3 aromatic rings. The van der Waals surface area contributed by atoms with E-state index in [1.807, 2.05) is 52.8 Å². The van der Waals surface area contributed by atoms with Crippen molar-refractivity contribution < 1.29 is 13.2 Å². The zero-order valence-electron chi connectivity index (χ0n) is 17.1. The molecule has 0 bridgehead atoms. The highest BCUT2D eigenvalue weighted by Crippen LogP contribution is 2.25. The van der Waals surface area contributed by atoms with Crippen LogP contribution in [0.1, 0.15) is 30.0 Å². The van der Waals surface area contributed by atoms with E-state index in [2.05, 4.69) is 15.0 Å². The van der Waals surface area contributed by atoms with Crippen molar-refractivity contribution in [2.24, 2.45) is 5.92 Å². The molecule has 29 heavy (non-hydrogen) atoms. The van der Waals surface area contributed by atoms with Gasteiger partial charge in [0.05, 0.1) is 20.1 Å². The van der Waals surface area contributed by atoms with Crippen LogP contribution in [0.3, 0.4) is 0 Å². The third-order valence-corrected chi connectivity index (χ3v) is 7.16. The topological polar surface area (TPSA) is 88.2 Å². The lowest BCUT2D eigenvalue weighted by Crippen LogP contribution is -2.47. The van der Waals surface area contributed by atoms with Crippen LogP contribution in [0.5, 0.6) is 0 Å². The van der Waals surface area contributed by atoms with Crippen LogP contribution >= 0.6 is 11.3 Å². The average Bonchev–Trinajstić information content (AvgIpc) is 3.01. The summed E-state index contributed by atoms with van der Waals surface area (Å²) in [6.45, 7) is 9.45. The molecule has 1 aromatic heterocycles. The number of benzene rings is 2. The zero-order valence-corrected chi connectivity index (χ0v) is 18.7. The summed E-state index contributed by atoms with van der Waals surface area (Å²) in [6.07, 6.45) is 0. The Kier molecular flexibility index (Phi) is 6.07. The molecule has 0 unspecified atom stereocenters. The quantitative estimate of drug-likeness (QED) is 0.613. The minimum absolute atomic E-state index is 0.123. The van der Waals surface area contributed by atoms with Gasteiger partial charge in [-0.25, -0.2) is 13.4 Å². The number of rotatable bonds is 6. The molecule has 0 saturated carbocycles. The molecule has 0 aliphatic rings. The summed E-state index contributed by atoms with van der Waals surface area (Å²) in [6, 6.07) is 9.51. The number of carbonyl (C=O) groups excluding carboxylic acids is 1. The van der Waals surface area contributed by atoms with Gasteiger partial charge in [0.25, 0.3) is 0 Å². The maximum absolute atomic E-state index is 12.9. The fourth-order valence-electron chi connectivity index (χ4n) is 2.95. The summed E-state index contributed by atoms with van der Waals surface area (Å²) in [4.78, 5) is 17.3. The minimum Gasteiger partial charge on any atom is -0.325 e. The predicted octanol–water partition coefficient (Wildman–Crippen LogP) is 4.16. The Balaban J connectivity index is 1.83. The Labute approximate surface area is 175 Å². The van der Waals surface area contributed by atoms with Gasteiger partial charge in [-0.2, -0.15) is 4.72 Å². The molecule has 1 atom stereocenters. The Morgan fingerprint density at radius 3 is 2.41 bits per heavy atom. The molecule has 154 valence electrons. The van der Waals surface area contributed by atoms with E-state index < -0.39 is 16.1 Å². The van der Waals surface area contributed by atoms with E-state index in [1.54, 1.807) is 12.1 Å². The van der Waals surface area contributed by atoms with Crippen LogP contribution in [-0.2, 0) is 14.8 Å². The smallest absolute Gasteiger partial charge is 0.242 e. The van der Waals surface area contributed by atoms with Gasteiger partial charge in [-0.05, 0) is 68.1 Å². The van der Waals surface area contributed by atoms with E-state index in [0.717, 1.165) is 26.4 Å². The second-order valence-corrected chi connectivity index (χ2v) is 10.4. The first-order valence-electron chi connectivity index (χ1n) is 9.34. The molecule has 6 nitrogen and oxygen atoms in total. The average molecular weight is 432 g/mol. The fourth-order valence-corrected chi connectivity index (χ4v) is 5.26. The van der Waals surface area contributed by atoms with Crippen molar-refractivity contribution in [1.82, 2.24) is 9.71 Å². The number of fused-ring (bicyclic) bond motifs is 1. The molecule has 3 rings (SSSR count). The second-order valence-electron chi connectivity index (χ2n) is 7.49. The van der Waals surface area contributed by atoms with Crippen molar-refractivity contribution in [2.45, 2.75) is 45.6 Å². The molecule has 0 fully saturated rings. The normalized spacial score (nSPS) is 13.0. The second kappa shape index (κ2) is 8.22. The number of nitrogens with zero attached hydrogens (tertiary/aromatic N) is 1. The van der Waals surface area contributed by atoms with E-state index >= 15 is 0 Å². The van der Waals surface area contributed by atoms with E-state index in [9.17, 15) is 13.2 Å². The minimum atomic E-state index is -3.87. The molecule has 1 heterocycles. The van der Waals surface area contributed by atoms with Crippen LogP contribution < -0.4 is 10.0 Å². The zero-order chi connectivity index (χ0) is 21.3. The third kappa shape index (κ3) is 4.83. The first-order valence-corrected chi connectivity index (χ1v) is 11.6. The largest absolute Gasteiger partial charge is 0.325 e. The number of hydrogen-bond donors (Lipinski definition) is 2. The fraction of sp³-hybridized carbons (Fsp3) is 0.333. The molecule has 0 saturated heterocycles. The number of aryl methyl sites for hydroxylation is 3. The highest BCUT2D eigenvalue weighted by molar-refractivity contribution is 7.89. The maximum Gasteiger partial charge on any atom is 0.242 e. The lowest BCUT2D eigenvalue weighted by molar-refractivity contribution is -0.118. The summed E-state index contributed by atoms with van der Waals surface area (Å²) >= 11 is 1.44. The highest BCUT2D eigenvalue weighted by atomic mass is 32.2. The molecular weight excluding hydrogens is 406 g/mol. The van der Waals surface area contributed by atoms with Crippen LogP contribution in [0.15, 0.2) is 41.3 Å². The van der Waals surface area contributed by atoms with Crippen LogP contribution in [0, 0.1) is 26.7 Å². The number of hydrogen-bond acceptors (Lipinski definition) is 5. The molecule has 2 aromatic carbocycles. The Morgan fingerprint density at radius 2 is 1.76 bits per heavy atom. The number of sulfonamides is 1. The van der Waals surface area contributed by atoms with E-state index in [4.69, 9.17) is 0 Å². The lowest BCUT2D eigenvalue weighted by Gasteiger charge is -2.22. The van der Waals surface area contributed by atoms with Gasteiger partial charge in [-0.3, -0.25) is 4.79 Å². The van der Waals surface area contributed by atoms with Crippen molar-refractivity contribution in [3.05, 3.63) is 52.5 Å². The molecule has 0 aliphatic heterocycles. The van der Waals surface area contributed by atoms with Crippen LogP contribution in [0.4, 0.5) is 5.69 Å². The van der Waals surface area contributed by atoms with Crippen LogP contribution in [-0.4, -0.2) is 25.4 Å². The Bertz CT molecular complexity index is 1170. The summed E-state index contributed by atoms with van der Waals surface area (Å²) < 4.78 is 29.3. The molecule has 0 radical (unpaired) electrons. The van der Waals surface area contributed by atoms with Gasteiger partial charge in [0.1, 0.15) is 6.04 Å². The van der Waals surface area contributed by atoms with E-state index in [-0.39, 0.29) is 16.7 Å². The predicted molar refractivity (Wildman–Crippen MR) is 118 cm³/mol. The summed E-state index contributed by atoms with van der Waals surface area (Å²) in [5, 5.41) is 3.70. The van der Waals surface area contributed by atoms with Crippen LogP contribution in [0.25, 0.3) is 10.2 Å². The Hall–Kier alpha value is -2.29. The molecule has 8 heteroatoms. The van der Waals surface area contributed by atoms with E-state index in [1.165, 1.54) is 17.4 Å². The van der Waals surface area contributed by atoms with Gasteiger partial charge in [0.2, 0.25) is 15.9 Å². The van der Waals surface area contributed by atoms with Crippen LogP contribution in [0.2, 0.25) is 0 Å². The number of thiazole rings is 1. The van der Waals surface area contributed by atoms with Crippen molar-refractivity contribution in [1.29, 1.82) is 0 Å². The number of carbonyl (C=O) groups is 1. The SMILES string of the molecule is Cc1nc2ccc(S(=O)(=O)N[C@H](C(=O)Nc3ccc(C)c(C)c3)C(C)C)cc2s1. The van der Waals surface area contributed by atoms with Gasteiger partial charge < -0.3 is 5.32 Å². The third-order valence-electron chi connectivity index (χ3n) is 4.78. The molecule has 1 amide bonds. The maximum atomic E-state index is 12.9. The molecule has 0 aliphatic carbocycles. The first kappa shape index (κ1) is 21.4. The van der Waals surface area contributed by atoms with Crippen molar-refractivity contribution in [3.8, 4) is 0 Å². The summed E-state index contributed by atoms with van der Waals surface area (Å²) in [5.41, 5.74) is 3.58. The molecular formula is C21H25N3O3S2. The number of nitrogens with one attached hydrogen (secondary N) is 2. The van der Waals surface area contributed by atoms with Gasteiger partial charge in [-0.15, -0.1) is 11.3 Å². The molecule has 0 spiro atoms. The van der Waals surface area contributed by atoms with Crippen molar-refractivity contribution in [2.75, 3.05) is 5.32 Å². The van der Waals surface area contributed by atoms with Gasteiger partial charge in [0.15, 0.2) is 0 Å². The van der Waals surface area contributed by atoms with Gasteiger partial charge in [0, 0.05) is 5.69 Å². The number of aromatic nitrogens is 1. The monoisotopic (exact) mass is 431 g/mol. The lowest BCUT2D eigenvalue weighted by atomic mass is 10.0. The first-order chi connectivity index (χ1) is 13.6. The van der Waals surface area contributed by atoms with E-state index in [0.29, 0.717) is 5.69 Å². The van der Waals surface area contributed by atoms with Crippen molar-refractivity contribution in [3.63, 3.8) is 0 Å². The summed E-state index contributed by atoms with van der Waals surface area (Å²) in [5.74, 6) is -0.618. The van der Waals surface area contributed by atoms with Gasteiger partial charge in [-0.1, -0.05) is 19.9 Å². The summed E-state index contributed by atoms with van der Waals surface area (Å²) in [7, 11) is -3.87. The Morgan fingerprint density at radius 1 is 1.03 bits per heavy atom. The van der Waals surface area contributed by atoms with Crippen molar-refractivity contribution >= 4 is 43.2 Å².